The predicted molar refractivity (Wildman–Crippen MR) is 44.9 cm³/mol. The summed E-state index contributed by atoms with van der Waals surface area (Å²) in [4.78, 5) is 10.5. The van der Waals surface area contributed by atoms with E-state index in [1.165, 1.54) is 4.68 Å². The maximum absolute atomic E-state index is 10.5. The van der Waals surface area contributed by atoms with Crippen molar-refractivity contribution in [1.29, 1.82) is 0 Å². The Hall–Kier alpha value is -0.740. The van der Waals surface area contributed by atoms with Crippen molar-refractivity contribution in [2.45, 2.75) is 13.5 Å². The first kappa shape index (κ1) is 9.35. The standard InChI is InChI=1S/C6H6Cl2N2O2/c1-2-10-5(8)3(7)4(9-10)6(11)12/h2H2,1H3,(H,11,12). The van der Waals surface area contributed by atoms with E-state index in [9.17, 15) is 4.79 Å². The number of carbonyl (C=O) groups is 1. The van der Waals surface area contributed by atoms with Crippen LogP contribution in [0.25, 0.3) is 0 Å². The van der Waals surface area contributed by atoms with Crippen molar-refractivity contribution in [3.63, 3.8) is 0 Å². The molecule has 0 aliphatic carbocycles. The Morgan fingerprint density at radius 3 is 2.50 bits per heavy atom. The summed E-state index contributed by atoms with van der Waals surface area (Å²) in [5.41, 5.74) is -0.205. The van der Waals surface area contributed by atoms with E-state index in [1.54, 1.807) is 6.92 Å². The molecule has 0 saturated carbocycles. The number of hydrogen-bond donors (Lipinski definition) is 1. The zero-order valence-corrected chi connectivity index (χ0v) is 7.72. The number of rotatable bonds is 2. The minimum absolute atomic E-state index is 0.00832. The third kappa shape index (κ3) is 1.40. The molecule has 0 fully saturated rings. The van der Waals surface area contributed by atoms with Crippen LogP contribution in [0.5, 0.6) is 0 Å². The van der Waals surface area contributed by atoms with Gasteiger partial charge < -0.3 is 5.11 Å². The van der Waals surface area contributed by atoms with Gasteiger partial charge in [-0.2, -0.15) is 5.10 Å². The Labute approximate surface area is 78.7 Å². The molecule has 12 heavy (non-hydrogen) atoms. The molecule has 1 rings (SSSR count). The van der Waals surface area contributed by atoms with Gasteiger partial charge in [0.1, 0.15) is 10.2 Å². The highest BCUT2D eigenvalue weighted by Crippen LogP contribution is 2.25. The van der Waals surface area contributed by atoms with E-state index in [0.29, 0.717) is 6.54 Å². The number of carboxylic acid groups (broad SMARTS) is 1. The first-order valence-electron chi connectivity index (χ1n) is 3.23. The molecule has 6 heteroatoms. The molecule has 0 spiro atoms. The summed E-state index contributed by atoms with van der Waals surface area (Å²) in [5.74, 6) is -1.17. The highest BCUT2D eigenvalue weighted by Gasteiger charge is 2.18. The lowest BCUT2D eigenvalue weighted by atomic mass is 10.4. The van der Waals surface area contributed by atoms with E-state index in [-0.39, 0.29) is 15.9 Å². The lowest BCUT2D eigenvalue weighted by Gasteiger charge is -1.93. The van der Waals surface area contributed by atoms with Crippen molar-refractivity contribution in [1.82, 2.24) is 9.78 Å². The number of aromatic carboxylic acids is 1. The summed E-state index contributed by atoms with van der Waals surface area (Å²) < 4.78 is 1.33. The molecule has 1 aromatic heterocycles. The van der Waals surface area contributed by atoms with Crippen LogP contribution < -0.4 is 0 Å². The smallest absolute Gasteiger partial charge is 0.358 e. The fourth-order valence-electron chi connectivity index (χ4n) is 0.766. The molecule has 0 bridgehead atoms. The molecule has 1 aromatic rings. The van der Waals surface area contributed by atoms with Crippen molar-refractivity contribution >= 4 is 29.2 Å². The molecular formula is C6H6Cl2N2O2. The van der Waals surface area contributed by atoms with E-state index in [0.717, 1.165) is 0 Å². The quantitative estimate of drug-likeness (QED) is 0.809. The normalized spacial score (nSPS) is 10.2. The number of hydrogen-bond acceptors (Lipinski definition) is 2. The van der Waals surface area contributed by atoms with Crippen molar-refractivity contribution in [3.05, 3.63) is 15.9 Å². The van der Waals surface area contributed by atoms with Crippen molar-refractivity contribution in [3.8, 4) is 0 Å². The first-order chi connectivity index (χ1) is 5.57. The zero-order chi connectivity index (χ0) is 9.30. The van der Waals surface area contributed by atoms with Gasteiger partial charge in [-0.3, -0.25) is 4.68 Å². The largest absolute Gasteiger partial charge is 0.476 e. The maximum Gasteiger partial charge on any atom is 0.358 e. The van der Waals surface area contributed by atoms with Crippen LogP contribution in [0.4, 0.5) is 0 Å². The number of aromatic nitrogens is 2. The van der Waals surface area contributed by atoms with Crippen LogP contribution in [-0.4, -0.2) is 20.9 Å². The van der Waals surface area contributed by atoms with Gasteiger partial charge in [-0.05, 0) is 6.92 Å². The number of carboxylic acids is 1. The molecule has 0 aliphatic heterocycles. The number of aryl methyl sites for hydroxylation is 1. The molecule has 0 aliphatic rings. The summed E-state index contributed by atoms with van der Waals surface area (Å²) in [6, 6.07) is 0. The fraction of sp³-hybridized carbons (Fsp3) is 0.333. The van der Waals surface area contributed by atoms with Crippen molar-refractivity contribution < 1.29 is 9.90 Å². The Morgan fingerprint density at radius 2 is 2.25 bits per heavy atom. The van der Waals surface area contributed by atoms with Crippen LogP contribution in [-0.2, 0) is 6.54 Å². The van der Waals surface area contributed by atoms with Gasteiger partial charge in [-0.25, -0.2) is 4.79 Å². The topological polar surface area (TPSA) is 55.1 Å². The Morgan fingerprint density at radius 1 is 1.67 bits per heavy atom. The van der Waals surface area contributed by atoms with E-state index in [1.807, 2.05) is 0 Å². The van der Waals surface area contributed by atoms with Crippen LogP contribution in [0, 0.1) is 0 Å². The van der Waals surface area contributed by atoms with E-state index < -0.39 is 5.97 Å². The predicted octanol–water partition coefficient (Wildman–Crippen LogP) is 1.91. The van der Waals surface area contributed by atoms with Gasteiger partial charge in [-0.1, -0.05) is 23.2 Å². The van der Waals surface area contributed by atoms with Crippen molar-refractivity contribution in [2.75, 3.05) is 0 Å². The highest BCUT2D eigenvalue weighted by molar-refractivity contribution is 6.43. The van der Waals surface area contributed by atoms with E-state index in [2.05, 4.69) is 5.10 Å². The molecular weight excluding hydrogens is 203 g/mol. The van der Waals surface area contributed by atoms with E-state index >= 15 is 0 Å². The van der Waals surface area contributed by atoms with Gasteiger partial charge in [0.2, 0.25) is 0 Å². The number of halogens is 2. The Kier molecular flexibility index (Phi) is 2.59. The summed E-state index contributed by atoms with van der Waals surface area (Å²) in [7, 11) is 0. The summed E-state index contributed by atoms with van der Waals surface area (Å²) in [5, 5.41) is 12.4. The Bertz CT molecular complexity index is 322. The zero-order valence-electron chi connectivity index (χ0n) is 6.21. The minimum atomic E-state index is -1.17. The van der Waals surface area contributed by atoms with Crippen LogP contribution in [0.2, 0.25) is 10.2 Å². The summed E-state index contributed by atoms with van der Waals surface area (Å²) in [6.07, 6.45) is 0. The molecule has 1 N–H and O–H groups in total. The molecule has 4 nitrogen and oxygen atoms in total. The average Bonchev–Trinajstić information content (AvgIpc) is 2.30. The lowest BCUT2D eigenvalue weighted by Crippen LogP contribution is -2.01. The van der Waals surface area contributed by atoms with E-state index in [4.69, 9.17) is 28.3 Å². The fourth-order valence-corrected chi connectivity index (χ4v) is 1.23. The molecule has 0 radical (unpaired) electrons. The second-order valence-corrected chi connectivity index (χ2v) is 2.81. The minimum Gasteiger partial charge on any atom is -0.476 e. The first-order valence-corrected chi connectivity index (χ1v) is 3.98. The molecule has 0 saturated heterocycles. The van der Waals surface area contributed by atoms with Crippen LogP contribution in [0.3, 0.4) is 0 Å². The molecule has 0 unspecified atom stereocenters. The summed E-state index contributed by atoms with van der Waals surface area (Å²) in [6.45, 7) is 2.28. The SMILES string of the molecule is CCn1nc(C(=O)O)c(Cl)c1Cl. The molecule has 0 amide bonds. The molecule has 0 aromatic carbocycles. The maximum atomic E-state index is 10.5. The van der Waals surface area contributed by atoms with Crippen LogP contribution >= 0.6 is 23.2 Å². The van der Waals surface area contributed by atoms with Gasteiger partial charge in [0.05, 0.1) is 0 Å². The van der Waals surface area contributed by atoms with Gasteiger partial charge in [0.25, 0.3) is 0 Å². The van der Waals surface area contributed by atoms with Crippen molar-refractivity contribution in [2.24, 2.45) is 0 Å². The molecule has 0 atom stereocenters. The molecule has 66 valence electrons. The third-order valence-electron chi connectivity index (χ3n) is 1.34. The number of nitrogens with zero attached hydrogens (tertiary/aromatic N) is 2. The van der Waals surface area contributed by atoms with Gasteiger partial charge in [0, 0.05) is 6.54 Å². The molecule has 1 heterocycles. The van der Waals surface area contributed by atoms with Gasteiger partial charge >= 0.3 is 5.97 Å². The second-order valence-electron chi connectivity index (χ2n) is 2.07. The van der Waals surface area contributed by atoms with Gasteiger partial charge in [0.15, 0.2) is 5.69 Å². The summed E-state index contributed by atoms with van der Waals surface area (Å²) >= 11 is 11.3. The van der Waals surface area contributed by atoms with Crippen LogP contribution in [0.1, 0.15) is 17.4 Å². The second kappa shape index (κ2) is 3.33. The monoisotopic (exact) mass is 208 g/mol. The highest BCUT2D eigenvalue weighted by atomic mass is 35.5. The lowest BCUT2D eigenvalue weighted by molar-refractivity contribution is 0.0689. The van der Waals surface area contributed by atoms with Crippen LogP contribution in [0.15, 0.2) is 0 Å². The third-order valence-corrected chi connectivity index (χ3v) is 2.18. The Balaban J connectivity index is 3.25. The average molecular weight is 209 g/mol. The van der Waals surface area contributed by atoms with Gasteiger partial charge in [-0.15, -0.1) is 0 Å².